The van der Waals surface area contributed by atoms with Crippen LogP contribution in [0.25, 0.3) is 0 Å². The number of benzene rings is 1. The standard InChI is InChI=1S/C15H19ClFN/c1-2-10-18-11-15(8-3-4-9-15)12-6-5-7-13(16)14(12)17/h3-7,18H,2,8-11H2,1H3. The molecule has 1 aliphatic rings. The molecule has 98 valence electrons. The molecule has 0 fully saturated rings. The Kier molecular flexibility index (Phi) is 4.41. The van der Waals surface area contributed by atoms with Crippen molar-refractivity contribution in [2.75, 3.05) is 13.1 Å². The van der Waals surface area contributed by atoms with Gasteiger partial charge in [-0.05, 0) is 37.4 Å². The van der Waals surface area contributed by atoms with Crippen molar-refractivity contribution in [3.63, 3.8) is 0 Å². The summed E-state index contributed by atoms with van der Waals surface area (Å²) < 4.78 is 14.2. The molecule has 2 rings (SSSR count). The van der Waals surface area contributed by atoms with Crippen molar-refractivity contribution >= 4 is 11.6 Å². The topological polar surface area (TPSA) is 12.0 Å². The lowest BCUT2D eigenvalue weighted by Gasteiger charge is -2.30. The van der Waals surface area contributed by atoms with Gasteiger partial charge in [-0.1, -0.05) is 42.8 Å². The highest BCUT2D eigenvalue weighted by molar-refractivity contribution is 6.30. The minimum absolute atomic E-state index is 0.163. The molecule has 0 atom stereocenters. The maximum absolute atomic E-state index is 14.2. The summed E-state index contributed by atoms with van der Waals surface area (Å²) in [6.45, 7) is 3.89. The van der Waals surface area contributed by atoms with Crippen molar-refractivity contribution in [3.8, 4) is 0 Å². The fourth-order valence-corrected chi connectivity index (χ4v) is 2.75. The lowest BCUT2D eigenvalue weighted by atomic mass is 9.78. The molecule has 0 aliphatic heterocycles. The second-order valence-corrected chi connectivity index (χ2v) is 5.35. The SMILES string of the molecule is CCCNCC1(c2cccc(Cl)c2F)CC=CC1. The molecule has 0 spiro atoms. The van der Waals surface area contributed by atoms with Crippen molar-refractivity contribution in [3.05, 3.63) is 46.8 Å². The van der Waals surface area contributed by atoms with Gasteiger partial charge in [0.25, 0.3) is 0 Å². The van der Waals surface area contributed by atoms with Crippen LogP contribution in [0.5, 0.6) is 0 Å². The largest absolute Gasteiger partial charge is 0.316 e. The van der Waals surface area contributed by atoms with Gasteiger partial charge in [0.1, 0.15) is 5.82 Å². The van der Waals surface area contributed by atoms with Gasteiger partial charge in [-0.3, -0.25) is 0 Å². The molecule has 0 bridgehead atoms. The second-order valence-electron chi connectivity index (χ2n) is 4.94. The number of hydrogen-bond donors (Lipinski definition) is 1. The Morgan fingerprint density at radius 2 is 2.06 bits per heavy atom. The number of nitrogens with one attached hydrogen (secondary N) is 1. The van der Waals surface area contributed by atoms with Gasteiger partial charge in [-0.2, -0.15) is 0 Å². The first-order valence-electron chi connectivity index (χ1n) is 6.50. The summed E-state index contributed by atoms with van der Waals surface area (Å²) >= 11 is 5.90. The van der Waals surface area contributed by atoms with Crippen LogP contribution in [-0.2, 0) is 5.41 Å². The molecule has 0 radical (unpaired) electrons. The van der Waals surface area contributed by atoms with Gasteiger partial charge in [0, 0.05) is 12.0 Å². The fourth-order valence-electron chi connectivity index (χ4n) is 2.58. The van der Waals surface area contributed by atoms with Crippen LogP contribution in [0.2, 0.25) is 5.02 Å². The van der Waals surface area contributed by atoms with Gasteiger partial charge in [-0.15, -0.1) is 0 Å². The monoisotopic (exact) mass is 267 g/mol. The Hall–Kier alpha value is -0.860. The van der Waals surface area contributed by atoms with E-state index in [-0.39, 0.29) is 16.3 Å². The molecule has 1 aromatic carbocycles. The Morgan fingerprint density at radius 3 is 2.72 bits per heavy atom. The molecule has 3 heteroatoms. The molecule has 0 aromatic heterocycles. The third-order valence-corrected chi connectivity index (χ3v) is 3.89. The lowest BCUT2D eigenvalue weighted by molar-refractivity contribution is 0.400. The van der Waals surface area contributed by atoms with E-state index in [1.165, 1.54) is 0 Å². The normalized spacial score (nSPS) is 17.3. The number of rotatable bonds is 5. The maximum atomic E-state index is 14.2. The Balaban J connectivity index is 2.26. The van der Waals surface area contributed by atoms with Gasteiger partial charge in [0.05, 0.1) is 5.02 Å². The first kappa shape index (κ1) is 13.6. The molecule has 0 amide bonds. The smallest absolute Gasteiger partial charge is 0.145 e. The molecule has 1 nitrogen and oxygen atoms in total. The molecular weight excluding hydrogens is 249 g/mol. The molecule has 0 unspecified atom stereocenters. The summed E-state index contributed by atoms with van der Waals surface area (Å²) in [6, 6.07) is 5.30. The minimum Gasteiger partial charge on any atom is -0.316 e. The predicted molar refractivity (Wildman–Crippen MR) is 74.6 cm³/mol. The van der Waals surface area contributed by atoms with Crippen molar-refractivity contribution in [1.29, 1.82) is 0 Å². The van der Waals surface area contributed by atoms with E-state index >= 15 is 0 Å². The summed E-state index contributed by atoms with van der Waals surface area (Å²) in [4.78, 5) is 0. The van der Waals surface area contributed by atoms with Crippen LogP contribution in [0.3, 0.4) is 0 Å². The molecular formula is C15H19ClFN. The predicted octanol–water partition coefficient (Wildman–Crippen LogP) is 4.07. The lowest BCUT2D eigenvalue weighted by Crippen LogP contribution is -2.37. The van der Waals surface area contributed by atoms with Crippen molar-refractivity contribution in [2.24, 2.45) is 0 Å². The van der Waals surface area contributed by atoms with E-state index in [2.05, 4.69) is 24.4 Å². The molecule has 1 aliphatic carbocycles. The Labute approximate surface area is 113 Å². The number of allylic oxidation sites excluding steroid dienone is 2. The summed E-state index contributed by atoms with van der Waals surface area (Å²) in [6.07, 6.45) is 7.10. The molecule has 0 heterocycles. The molecule has 0 saturated heterocycles. The molecule has 18 heavy (non-hydrogen) atoms. The quantitative estimate of drug-likeness (QED) is 0.626. The summed E-state index contributed by atoms with van der Waals surface area (Å²) in [5.41, 5.74) is 0.577. The third kappa shape index (κ3) is 2.60. The van der Waals surface area contributed by atoms with Gasteiger partial charge in [-0.25, -0.2) is 4.39 Å². The van der Waals surface area contributed by atoms with E-state index in [1.807, 2.05) is 12.1 Å². The van der Waals surface area contributed by atoms with Gasteiger partial charge < -0.3 is 5.32 Å². The maximum Gasteiger partial charge on any atom is 0.145 e. The fraction of sp³-hybridized carbons (Fsp3) is 0.467. The summed E-state index contributed by atoms with van der Waals surface area (Å²) in [7, 11) is 0. The Bertz CT molecular complexity index is 434. The van der Waals surface area contributed by atoms with E-state index in [0.29, 0.717) is 0 Å². The van der Waals surface area contributed by atoms with Gasteiger partial charge in [0.15, 0.2) is 0 Å². The minimum atomic E-state index is -0.263. The van der Waals surface area contributed by atoms with Crippen LogP contribution in [0.1, 0.15) is 31.7 Å². The van der Waals surface area contributed by atoms with Crippen LogP contribution in [-0.4, -0.2) is 13.1 Å². The third-order valence-electron chi connectivity index (χ3n) is 3.60. The molecule has 1 N–H and O–H groups in total. The van der Waals surface area contributed by atoms with Crippen molar-refractivity contribution in [1.82, 2.24) is 5.32 Å². The zero-order chi connectivity index (χ0) is 13.0. The van der Waals surface area contributed by atoms with E-state index in [4.69, 9.17) is 11.6 Å². The Morgan fingerprint density at radius 1 is 1.33 bits per heavy atom. The highest BCUT2D eigenvalue weighted by Crippen LogP contribution is 2.39. The summed E-state index contributed by atoms with van der Waals surface area (Å²) in [5.74, 6) is -0.263. The highest BCUT2D eigenvalue weighted by Gasteiger charge is 2.35. The zero-order valence-corrected chi connectivity index (χ0v) is 11.4. The second kappa shape index (κ2) is 5.85. The van der Waals surface area contributed by atoms with Crippen LogP contribution >= 0.6 is 11.6 Å². The van der Waals surface area contributed by atoms with Crippen molar-refractivity contribution < 1.29 is 4.39 Å². The van der Waals surface area contributed by atoms with E-state index in [1.54, 1.807) is 6.07 Å². The van der Waals surface area contributed by atoms with E-state index in [0.717, 1.165) is 37.9 Å². The van der Waals surface area contributed by atoms with Crippen LogP contribution < -0.4 is 5.32 Å². The van der Waals surface area contributed by atoms with Gasteiger partial charge >= 0.3 is 0 Å². The number of halogens is 2. The first-order valence-corrected chi connectivity index (χ1v) is 6.87. The van der Waals surface area contributed by atoms with E-state index in [9.17, 15) is 4.39 Å². The van der Waals surface area contributed by atoms with Crippen LogP contribution in [0.15, 0.2) is 30.4 Å². The van der Waals surface area contributed by atoms with Crippen molar-refractivity contribution in [2.45, 2.75) is 31.6 Å². The average Bonchev–Trinajstić information content (AvgIpc) is 2.83. The highest BCUT2D eigenvalue weighted by atomic mass is 35.5. The number of hydrogen-bond acceptors (Lipinski definition) is 1. The first-order chi connectivity index (χ1) is 8.69. The molecule has 1 aromatic rings. The summed E-state index contributed by atoms with van der Waals surface area (Å²) in [5, 5.41) is 3.63. The molecule has 0 saturated carbocycles. The van der Waals surface area contributed by atoms with Crippen LogP contribution in [0.4, 0.5) is 4.39 Å². The van der Waals surface area contributed by atoms with E-state index < -0.39 is 0 Å². The van der Waals surface area contributed by atoms with Crippen LogP contribution in [0, 0.1) is 5.82 Å². The average molecular weight is 268 g/mol. The zero-order valence-electron chi connectivity index (χ0n) is 10.7. The van der Waals surface area contributed by atoms with Gasteiger partial charge in [0.2, 0.25) is 0 Å².